The van der Waals surface area contributed by atoms with Crippen molar-refractivity contribution in [1.82, 2.24) is 10.2 Å². The smallest absolute Gasteiger partial charge is 0.0223 e. The summed E-state index contributed by atoms with van der Waals surface area (Å²) in [6.45, 7) is 5.32. The minimum absolute atomic E-state index is 0.826. The lowest BCUT2D eigenvalue weighted by Crippen LogP contribution is -2.41. The molecular weight excluding hydrogens is 184 g/mol. The van der Waals surface area contributed by atoms with Gasteiger partial charge in [-0.25, -0.2) is 0 Å². The first-order valence-corrected chi connectivity index (χ1v) is 6.87. The third kappa shape index (κ3) is 2.54. The third-order valence-corrected chi connectivity index (χ3v) is 4.44. The lowest BCUT2D eigenvalue weighted by atomic mass is 9.85. The molecule has 2 heteroatoms. The maximum Gasteiger partial charge on any atom is 0.0223 e. The topological polar surface area (TPSA) is 15.3 Å². The molecular formula is C13H24N2. The van der Waals surface area contributed by atoms with Gasteiger partial charge in [0.15, 0.2) is 0 Å². The summed E-state index contributed by atoms with van der Waals surface area (Å²) in [6.07, 6.45) is 8.80. The minimum Gasteiger partial charge on any atom is -0.312 e. The molecule has 1 heterocycles. The van der Waals surface area contributed by atoms with Crippen LogP contribution in [0.5, 0.6) is 0 Å². The highest BCUT2D eigenvalue weighted by Crippen LogP contribution is 2.34. The SMILES string of the molecule is C1CC(CN2CCCNC(C3CC3)C2)C1. The highest BCUT2D eigenvalue weighted by molar-refractivity contribution is 4.90. The third-order valence-electron chi connectivity index (χ3n) is 4.44. The van der Waals surface area contributed by atoms with Crippen LogP contribution in [0.2, 0.25) is 0 Å². The second-order valence-corrected chi connectivity index (χ2v) is 5.81. The maximum absolute atomic E-state index is 3.74. The molecule has 2 saturated carbocycles. The predicted molar refractivity (Wildman–Crippen MR) is 62.9 cm³/mol. The van der Waals surface area contributed by atoms with Crippen molar-refractivity contribution in [2.45, 2.75) is 44.6 Å². The predicted octanol–water partition coefficient (Wildman–Crippen LogP) is 1.86. The summed E-state index contributed by atoms with van der Waals surface area (Å²) in [5, 5.41) is 3.74. The molecule has 1 unspecified atom stereocenters. The van der Waals surface area contributed by atoms with Crippen LogP contribution in [0.25, 0.3) is 0 Å². The van der Waals surface area contributed by atoms with E-state index in [4.69, 9.17) is 0 Å². The molecule has 0 aromatic heterocycles. The van der Waals surface area contributed by atoms with Crippen molar-refractivity contribution in [2.75, 3.05) is 26.2 Å². The van der Waals surface area contributed by atoms with Crippen molar-refractivity contribution >= 4 is 0 Å². The Bertz CT molecular complexity index is 209. The molecule has 0 radical (unpaired) electrons. The zero-order chi connectivity index (χ0) is 10.1. The second-order valence-electron chi connectivity index (χ2n) is 5.81. The molecule has 1 aliphatic heterocycles. The fraction of sp³-hybridized carbons (Fsp3) is 1.00. The van der Waals surface area contributed by atoms with Gasteiger partial charge in [-0.1, -0.05) is 6.42 Å². The van der Waals surface area contributed by atoms with Gasteiger partial charge in [-0.05, 0) is 57.0 Å². The average molecular weight is 208 g/mol. The van der Waals surface area contributed by atoms with E-state index in [2.05, 4.69) is 10.2 Å². The van der Waals surface area contributed by atoms with Crippen molar-refractivity contribution < 1.29 is 0 Å². The van der Waals surface area contributed by atoms with Crippen LogP contribution in [-0.2, 0) is 0 Å². The highest BCUT2D eigenvalue weighted by Gasteiger charge is 2.33. The van der Waals surface area contributed by atoms with Gasteiger partial charge in [0.25, 0.3) is 0 Å². The van der Waals surface area contributed by atoms with Crippen LogP contribution in [0, 0.1) is 11.8 Å². The van der Waals surface area contributed by atoms with Crippen LogP contribution in [0.4, 0.5) is 0 Å². The van der Waals surface area contributed by atoms with Gasteiger partial charge < -0.3 is 10.2 Å². The second kappa shape index (κ2) is 4.42. The van der Waals surface area contributed by atoms with Gasteiger partial charge in [0.2, 0.25) is 0 Å². The van der Waals surface area contributed by atoms with Crippen molar-refractivity contribution in [3.05, 3.63) is 0 Å². The van der Waals surface area contributed by atoms with E-state index in [1.165, 1.54) is 64.7 Å². The molecule has 15 heavy (non-hydrogen) atoms. The molecule has 0 aromatic rings. The molecule has 0 aromatic carbocycles. The monoisotopic (exact) mass is 208 g/mol. The summed E-state index contributed by atoms with van der Waals surface area (Å²) in [5.74, 6) is 2.06. The fourth-order valence-corrected chi connectivity index (χ4v) is 3.04. The van der Waals surface area contributed by atoms with Gasteiger partial charge in [0.1, 0.15) is 0 Å². The molecule has 1 atom stereocenters. The van der Waals surface area contributed by atoms with Crippen molar-refractivity contribution in [2.24, 2.45) is 11.8 Å². The lowest BCUT2D eigenvalue weighted by molar-refractivity contribution is 0.172. The Morgan fingerprint density at radius 1 is 1.07 bits per heavy atom. The molecule has 3 rings (SSSR count). The first-order valence-electron chi connectivity index (χ1n) is 6.87. The summed E-state index contributed by atoms with van der Waals surface area (Å²) in [5.41, 5.74) is 0. The van der Waals surface area contributed by atoms with Crippen molar-refractivity contribution in [3.8, 4) is 0 Å². The van der Waals surface area contributed by atoms with Gasteiger partial charge in [0, 0.05) is 19.1 Å². The summed E-state index contributed by atoms with van der Waals surface area (Å²) in [7, 11) is 0. The largest absolute Gasteiger partial charge is 0.312 e. The van der Waals surface area contributed by atoms with Crippen LogP contribution in [0.1, 0.15) is 38.5 Å². The van der Waals surface area contributed by atoms with Crippen LogP contribution < -0.4 is 5.32 Å². The molecule has 2 aliphatic carbocycles. The highest BCUT2D eigenvalue weighted by atomic mass is 15.2. The molecule has 3 fully saturated rings. The summed E-state index contributed by atoms with van der Waals surface area (Å²) < 4.78 is 0. The van der Waals surface area contributed by atoms with E-state index in [9.17, 15) is 0 Å². The molecule has 1 N–H and O–H groups in total. The standard InChI is InChI=1S/C13H24N2/c1-3-11(4-1)9-15-8-2-7-14-13(10-15)12-5-6-12/h11-14H,1-10H2. The Kier molecular flexibility index (Phi) is 2.98. The molecule has 86 valence electrons. The van der Waals surface area contributed by atoms with Crippen molar-refractivity contribution in [1.29, 1.82) is 0 Å². The fourth-order valence-electron chi connectivity index (χ4n) is 3.04. The number of hydrogen-bond donors (Lipinski definition) is 1. The Morgan fingerprint density at radius 3 is 2.60 bits per heavy atom. The van der Waals surface area contributed by atoms with Gasteiger partial charge in [0.05, 0.1) is 0 Å². The summed E-state index contributed by atoms with van der Waals surface area (Å²) in [4.78, 5) is 2.74. The van der Waals surface area contributed by atoms with E-state index in [0.717, 1.165) is 17.9 Å². The maximum atomic E-state index is 3.74. The van der Waals surface area contributed by atoms with E-state index < -0.39 is 0 Å². The average Bonchev–Trinajstić information content (AvgIpc) is 2.98. The molecule has 2 nitrogen and oxygen atoms in total. The first kappa shape index (κ1) is 10.1. The van der Waals surface area contributed by atoms with Crippen LogP contribution >= 0.6 is 0 Å². The first-order chi connectivity index (χ1) is 7.42. The van der Waals surface area contributed by atoms with Crippen LogP contribution in [0.15, 0.2) is 0 Å². The summed E-state index contributed by atoms with van der Waals surface area (Å²) in [6, 6.07) is 0.826. The van der Waals surface area contributed by atoms with Crippen LogP contribution in [0.3, 0.4) is 0 Å². The van der Waals surface area contributed by atoms with E-state index in [-0.39, 0.29) is 0 Å². The molecule has 3 aliphatic rings. The van der Waals surface area contributed by atoms with Gasteiger partial charge in [-0.15, -0.1) is 0 Å². The number of rotatable bonds is 3. The van der Waals surface area contributed by atoms with Crippen LogP contribution in [-0.4, -0.2) is 37.1 Å². The van der Waals surface area contributed by atoms with E-state index in [1.807, 2.05) is 0 Å². The Labute approximate surface area is 93.4 Å². The molecule has 0 bridgehead atoms. The lowest BCUT2D eigenvalue weighted by Gasteiger charge is -2.33. The normalized spacial score (nSPS) is 34.8. The Morgan fingerprint density at radius 2 is 1.93 bits per heavy atom. The zero-order valence-corrected chi connectivity index (χ0v) is 9.75. The van der Waals surface area contributed by atoms with Gasteiger partial charge >= 0.3 is 0 Å². The van der Waals surface area contributed by atoms with Gasteiger partial charge in [-0.3, -0.25) is 0 Å². The van der Waals surface area contributed by atoms with Crippen molar-refractivity contribution in [3.63, 3.8) is 0 Å². The Hall–Kier alpha value is -0.0800. The molecule has 0 spiro atoms. The minimum atomic E-state index is 0.826. The van der Waals surface area contributed by atoms with E-state index in [1.54, 1.807) is 0 Å². The molecule has 1 saturated heterocycles. The quantitative estimate of drug-likeness (QED) is 0.761. The number of nitrogens with zero attached hydrogens (tertiary/aromatic N) is 1. The van der Waals surface area contributed by atoms with E-state index in [0.29, 0.717) is 0 Å². The number of hydrogen-bond acceptors (Lipinski definition) is 2. The van der Waals surface area contributed by atoms with Gasteiger partial charge in [-0.2, -0.15) is 0 Å². The summed E-state index contributed by atoms with van der Waals surface area (Å²) >= 11 is 0. The molecule has 0 amide bonds. The van der Waals surface area contributed by atoms with E-state index >= 15 is 0 Å². The zero-order valence-electron chi connectivity index (χ0n) is 9.75. The number of nitrogens with one attached hydrogen (secondary N) is 1. The Balaban J connectivity index is 1.51.